The van der Waals surface area contributed by atoms with E-state index in [1.165, 1.54) is 7.11 Å². The summed E-state index contributed by atoms with van der Waals surface area (Å²) in [5, 5.41) is 1.37. The average Bonchev–Trinajstić information content (AvgIpc) is 2.21. The normalized spacial score (nSPS) is 10.1. The van der Waals surface area contributed by atoms with Crippen LogP contribution in [0.1, 0.15) is 16.7 Å². The molecule has 0 saturated carbocycles. The molecule has 15 heavy (non-hydrogen) atoms. The highest BCUT2D eigenvalue weighted by atomic mass is 79.9. The fraction of sp³-hybridized carbons (Fsp3) is 0.364. The number of benzene rings is 1. The van der Waals surface area contributed by atoms with Gasteiger partial charge in [-0.05, 0) is 29.7 Å². The molecule has 0 fully saturated rings. The molecule has 0 spiro atoms. The minimum Gasteiger partial charge on any atom is -0.469 e. The van der Waals surface area contributed by atoms with Crippen molar-refractivity contribution in [3.8, 4) is 0 Å². The van der Waals surface area contributed by atoms with Crippen LogP contribution in [-0.2, 0) is 21.3 Å². The number of halogens is 2. The minimum atomic E-state index is -0.277. The smallest absolute Gasteiger partial charge is 0.310 e. The fourth-order valence-corrected chi connectivity index (χ4v) is 2.16. The lowest BCUT2D eigenvalue weighted by Crippen LogP contribution is -2.05. The zero-order valence-corrected chi connectivity index (χ0v) is 11.0. The maximum atomic E-state index is 11.1. The molecule has 2 nitrogen and oxygen atoms in total. The van der Waals surface area contributed by atoms with Gasteiger partial charge in [0.15, 0.2) is 0 Å². The van der Waals surface area contributed by atoms with Crippen molar-refractivity contribution >= 4 is 33.5 Å². The second kappa shape index (κ2) is 5.52. The molecule has 0 aliphatic rings. The van der Waals surface area contributed by atoms with E-state index in [0.29, 0.717) is 5.02 Å². The summed E-state index contributed by atoms with van der Waals surface area (Å²) in [4.78, 5) is 11.1. The molecule has 0 aliphatic carbocycles. The van der Waals surface area contributed by atoms with Crippen molar-refractivity contribution in [2.45, 2.75) is 18.7 Å². The maximum Gasteiger partial charge on any atom is 0.310 e. The molecule has 4 heteroatoms. The molecule has 0 amide bonds. The van der Waals surface area contributed by atoms with Crippen LogP contribution in [0.4, 0.5) is 0 Å². The van der Waals surface area contributed by atoms with E-state index in [0.717, 1.165) is 22.0 Å². The summed E-state index contributed by atoms with van der Waals surface area (Å²) >= 11 is 9.43. The number of carbonyl (C=O) groups excluding carboxylic acids is 1. The molecule has 0 unspecified atom stereocenters. The number of ether oxygens (including phenoxy) is 1. The number of alkyl halides is 1. The predicted octanol–water partition coefficient (Wildman–Crippen LogP) is 3.26. The van der Waals surface area contributed by atoms with E-state index in [-0.39, 0.29) is 12.4 Å². The van der Waals surface area contributed by atoms with Gasteiger partial charge in [0.2, 0.25) is 0 Å². The maximum absolute atomic E-state index is 11.1. The molecular formula is C11H12BrClO2. The number of methoxy groups -OCH3 is 1. The highest BCUT2D eigenvalue weighted by Crippen LogP contribution is 2.23. The summed E-state index contributed by atoms with van der Waals surface area (Å²) in [5.74, 6) is -0.277. The zero-order valence-electron chi connectivity index (χ0n) is 8.64. The number of rotatable bonds is 3. The molecule has 0 saturated heterocycles. The Labute approximate surface area is 103 Å². The quantitative estimate of drug-likeness (QED) is 0.631. The van der Waals surface area contributed by atoms with Crippen molar-refractivity contribution < 1.29 is 9.53 Å². The topological polar surface area (TPSA) is 26.3 Å². The molecule has 0 bridgehead atoms. The van der Waals surface area contributed by atoms with E-state index in [9.17, 15) is 4.79 Å². The van der Waals surface area contributed by atoms with Gasteiger partial charge in [0.05, 0.1) is 13.5 Å². The monoisotopic (exact) mass is 290 g/mol. The lowest BCUT2D eigenvalue weighted by atomic mass is 10.0. The van der Waals surface area contributed by atoms with Crippen molar-refractivity contribution in [3.05, 3.63) is 33.8 Å². The van der Waals surface area contributed by atoms with Crippen molar-refractivity contribution in [3.63, 3.8) is 0 Å². The SMILES string of the molecule is COC(=O)Cc1cc(CBr)c(C)cc1Cl. The number of hydrogen-bond donors (Lipinski definition) is 0. The van der Waals surface area contributed by atoms with E-state index < -0.39 is 0 Å². The number of carbonyl (C=O) groups is 1. The zero-order chi connectivity index (χ0) is 11.4. The van der Waals surface area contributed by atoms with Crippen LogP contribution in [0.25, 0.3) is 0 Å². The van der Waals surface area contributed by atoms with E-state index in [2.05, 4.69) is 20.7 Å². The summed E-state index contributed by atoms with van der Waals surface area (Å²) in [6.45, 7) is 1.99. The number of aryl methyl sites for hydroxylation is 1. The van der Waals surface area contributed by atoms with Crippen molar-refractivity contribution in [1.29, 1.82) is 0 Å². The Balaban J connectivity index is 3.02. The highest BCUT2D eigenvalue weighted by molar-refractivity contribution is 9.08. The first-order valence-electron chi connectivity index (χ1n) is 4.49. The van der Waals surface area contributed by atoms with Crippen LogP contribution < -0.4 is 0 Å². The largest absolute Gasteiger partial charge is 0.469 e. The van der Waals surface area contributed by atoms with E-state index in [1.807, 2.05) is 19.1 Å². The van der Waals surface area contributed by atoms with E-state index >= 15 is 0 Å². The molecule has 1 aromatic rings. The summed E-state index contributed by atoms with van der Waals surface area (Å²) in [7, 11) is 1.37. The summed E-state index contributed by atoms with van der Waals surface area (Å²) < 4.78 is 4.60. The third-order valence-electron chi connectivity index (χ3n) is 2.21. The van der Waals surface area contributed by atoms with Gasteiger partial charge in [-0.1, -0.05) is 33.6 Å². The Morgan fingerprint density at radius 3 is 2.67 bits per heavy atom. The van der Waals surface area contributed by atoms with Crippen LogP contribution in [0.2, 0.25) is 5.02 Å². The molecule has 1 aromatic carbocycles. The first-order valence-corrected chi connectivity index (χ1v) is 5.99. The molecule has 0 N–H and O–H groups in total. The van der Waals surface area contributed by atoms with E-state index in [4.69, 9.17) is 11.6 Å². The Bertz CT molecular complexity index is 377. The molecule has 0 aliphatic heterocycles. The second-order valence-corrected chi connectivity index (χ2v) is 4.22. The van der Waals surface area contributed by atoms with Gasteiger partial charge in [-0.25, -0.2) is 0 Å². The summed E-state index contributed by atoms with van der Waals surface area (Å²) in [5.41, 5.74) is 3.06. The Hall–Kier alpha value is -0.540. The van der Waals surface area contributed by atoms with Crippen molar-refractivity contribution in [2.75, 3.05) is 7.11 Å². The van der Waals surface area contributed by atoms with Gasteiger partial charge >= 0.3 is 5.97 Å². The van der Waals surface area contributed by atoms with E-state index in [1.54, 1.807) is 0 Å². The van der Waals surface area contributed by atoms with Gasteiger partial charge in [-0.2, -0.15) is 0 Å². The van der Waals surface area contributed by atoms with Gasteiger partial charge < -0.3 is 4.74 Å². The predicted molar refractivity (Wildman–Crippen MR) is 64.5 cm³/mol. The van der Waals surface area contributed by atoms with Gasteiger partial charge in [0, 0.05) is 10.4 Å². The van der Waals surface area contributed by atoms with Crippen molar-refractivity contribution in [1.82, 2.24) is 0 Å². The van der Waals surface area contributed by atoms with Crippen LogP contribution in [0.15, 0.2) is 12.1 Å². The molecule has 82 valence electrons. The molecule has 1 rings (SSSR count). The fourth-order valence-electron chi connectivity index (χ4n) is 1.28. The van der Waals surface area contributed by atoms with Crippen LogP contribution in [-0.4, -0.2) is 13.1 Å². The standard InChI is InChI=1S/C11H12BrClO2/c1-7-3-10(13)8(4-9(7)6-12)5-11(14)15-2/h3-4H,5-6H2,1-2H3. The Kier molecular flexibility index (Phi) is 4.61. The summed E-state index contributed by atoms with van der Waals surface area (Å²) in [6.07, 6.45) is 0.218. The third kappa shape index (κ3) is 3.21. The van der Waals surface area contributed by atoms with Crippen molar-refractivity contribution in [2.24, 2.45) is 0 Å². The van der Waals surface area contributed by atoms with Gasteiger partial charge in [0.25, 0.3) is 0 Å². The molecule has 0 atom stereocenters. The Morgan fingerprint density at radius 1 is 1.47 bits per heavy atom. The van der Waals surface area contributed by atoms with Gasteiger partial charge in [0.1, 0.15) is 0 Å². The third-order valence-corrected chi connectivity index (χ3v) is 3.17. The first kappa shape index (κ1) is 12.5. The summed E-state index contributed by atoms with van der Waals surface area (Å²) in [6, 6.07) is 3.81. The first-order chi connectivity index (χ1) is 7.08. The van der Waals surface area contributed by atoms with Crippen LogP contribution >= 0.6 is 27.5 Å². The average molecular weight is 292 g/mol. The number of esters is 1. The molecule has 0 heterocycles. The lowest BCUT2D eigenvalue weighted by Gasteiger charge is -2.08. The van der Waals surface area contributed by atoms with Crippen LogP contribution in [0.5, 0.6) is 0 Å². The second-order valence-electron chi connectivity index (χ2n) is 3.26. The molecule has 0 radical (unpaired) electrons. The molecule has 0 aromatic heterocycles. The lowest BCUT2D eigenvalue weighted by molar-refractivity contribution is -0.139. The van der Waals surface area contributed by atoms with Crippen LogP contribution in [0, 0.1) is 6.92 Å². The van der Waals surface area contributed by atoms with Gasteiger partial charge in [-0.3, -0.25) is 4.79 Å². The highest BCUT2D eigenvalue weighted by Gasteiger charge is 2.09. The Morgan fingerprint density at radius 2 is 2.13 bits per heavy atom. The van der Waals surface area contributed by atoms with Crippen LogP contribution in [0.3, 0.4) is 0 Å². The number of hydrogen-bond acceptors (Lipinski definition) is 2. The molecular weight excluding hydrogens is 279 g/mol. The minimum absolute atomic E-state index is 0.218. The van der Waals surface area contributed by atoms with Gasteiger partial charge in [-0.15, -0.1) is 0 Å².